The first-order valence-corrected chi connectivity index (χ1v) is 12.0. The van der Waals surface area contributed by atoms with Crippen LogP contribution in [-0.4, -0.2) is 29.6 Å². The molecule has 3 aliphatic rings. The zero-order valence-electron chi connectivity index (χ0n) is 20.2. The third-order valence-corrected chi connectivity index (χ3v) is 7.18. The zero-order chi connectivity index (χ0) is 21.3. The van der Waals surface area contributed by atoms with Gasteiger partial charge in [0, 0.05) is 36.3 Å². The Hall–Kier alpha value is -1.44. The van der Waals surface area contributed by atoms with Gasteiger partial charge >= 0.3 is 0 Å². The smallest absolute Gasteiger partial charge is 0.0899 e. The number of allylic oxidation sites excluding steroid dienone is 8. The van der Waals surface area contributed by atoms with E-state index in [1.54, 1.807) is 22.5 Å². The summed E-state index contributed by atoms with van der Waals surface area (Å²) in [6.07, 6.45) is 12.0. The lowest BCUT2D eigenvalue weighted by molar-refractivity contribution is 0.241. The summed E-state index contributed by atoms with van der Waals surface area (Å²) in [4.78, 5) is 5.45. The minimum absolute atomic E-state index is 0.586. The summed E-state index contributed by atoms with van der Waals surface area (Å²) in [5, 5.41) is 0. The summed E-state index contributed by atoms with van der Waals surface area (Å²) in [7, 11) is 0. The van der Waals surface area contributed by atoms with Crippen molar-refractivity contribution in [3.05, 3.63) is 46.8 Å². The largest absolute Gasteiger partial charge is 0.355 e. The summed E-state index contributed by atoms with van der Waals surface area (Å²) in [6, 6.07) is 0. The van der Waals surface area contributed by atoms with Crippen LogP contribution in [0.2, 0.25) is 0 Å². The van der Waals surface area contributed by atoms with Crippen LogP contribution in [0.25, 0.3) is 0 Å². The van der Waals surface area contributed by atoms with Gasteiger partial charge in [0.15, 0.2) is 0 Å². The highest BCUT2D eigenvalue weighted by atomic mass is 15.4. The molecule has 0 aromatic rings. The Morgan fingerprint density at radius 2 is 1.03 bits per heavy atom. The average Bonchev–Trinajstić information content (AvgIpc) is 3.15. The van der Waals surface area contributed by atoms with Crippen LogP contribution in [0.5, 0.6) is 0 Å². The normalized spacial score (nSPS) is 25.8. The molecular weight excluding hydrogens is 352 g/mol. The van der Waals surface area contributed by atoms with Gasteiger partial charge in [0.25, 0.3) is 0 Å². The number of rotatable bonds is 6. The van der Waals surface area contributed by atoms with Gasteiger partial charge in [-0.15, -0.1) is 0 Å². The Morgan fingerprint density at radius 3 is 1.34 bits per heavy atom. The molecule has 2 heteroatoms. The molecule has 0 amide bonds. The second-order valence-corrected chi connectivity index (χ2v) is 10.6. The van der Waals surface area contributed by atoms with Crippen molar-refractivity contribution in [1.82, 2.24) is 9.80 Å². The summed E-state index contributed by atoms with van der Waals surface area (Å²) in [5.41, 5.74) is 6.41. The minimum Gasteiger partial charge on any atom is -0.355 e. The molecule has 1 aliphatic heterocycles. The van der Waals surface area contributed by atoms with Gasteiger partial charge in [-0.25, -0.2) is 0 Å². The van der Waals surface area contributed by atoms with Gasteiger partial charge in [-0.1, -0.05) is 79.7 Å². The van der Waals surface area contributed by atoms with Crippen LogP contribution in [0.15, 0.2) is 46.8 Å². The topological polar surface area (TPSA) is 6.48 Å². The SMILES string of the molecule is CC(C)C1=C(N2CCN(C3=C(C(C)C)C=CC[C@@H]3C(C)C)C2)[C@H](C(C)C)CC=C1. The van der Waals surface area contributed by atoms with Crippen LogP contribution in [0.4, 0.5) is 0 Å². The Bertz CT molecular complexity index is 642. The molecule has 0 aromatic carbocycles. The third-order valence-electron chi connectivity index (χ3n) is 7.18. The summed E-state index contributed by atoms with van der Waals surface area (Å²) >= 11 is 0. The maximum atomic E-state index is 2.73. The van der Waals surface area contributed by atoms with Crippen molar-refractivity contribution in [2.75, 3.05) is 19.8 Å². The van der Waals surface area contributed by atoms with Crippen molar-refractivity contribution in [3.63, 3.8) is 0 Å². The highest BCUT2D eigenvalue weighted by Crippen LogP contribution is 2.41. The maximum absolute atomic E-state index is 2.73. The van der Waals surface area contributed by atoms with Crippen molar-refractivity contribution in [2.45, 2.75) is 68.2 Å². The van der Waals surface area contributed by atoms with E-state index < -0.39 is 0 Å². The van der Waals surface area contributed by atoms with Crippen molar-refractivity contribution in [2.24, 2.45) is 35.5 Å². The monoisotopic (exact) mass is 396 g/mol. The molecule has 2 nitrogen and oxygen atoms in total. The first-order valence-electron chi connectivity index (χ1n) is 12.0. The molecule has 0 unspecified atom stereocenters. The fourth-order valence-electron chi connectivity index (χ4n) is 5.47. The number of nitrogens with zero attached hydrogens (tertiary/aromatic N) is 2. The predicted molar refractivity (Wildman–Crippen MR) is 126 cm³/mol. The Balaban J connectivity index is 1.95. The van der Waals surface area contributed by atoms with Gasteiger partial charge < -0.3 is 9.80 Å². The van der Waals surface area contributed by atoms with E-state index >= 15 is 0 Å². The molecule has 162 valence electrons. The van der Waals surface area contributed by atoms with Gasteiger partial charge in [-0.2, -0.15) is 0 Å². The molecule has 0 saturated carbocycles. The van der Waals surface area contributed by atoms with Crippen molar-refractivity contribution < 1.29 is 0 Å². The number of hydrogen-bond acceptors (Lipinski definition) is 2. The molecule has 0 radical (unpaired) electrons. The van der Waals surface area contributed by atoms with E-state index in [2.05, 4.69) is 89.5 Å². The van der Waals surface area contributed by atoms with Crippen molar-refractivity contribution >= 4 is 0 Å². The first kappa shape index (κ1) is 22.2. The Morgan fingerprint density at radius 1 is 0.655 bits per heavy atom. The van der Waals surface area contributed by atoms with E-state index in [1.807, 2.05) is 0 Å². The summed E-state index contributed by atoms with van der Waals surface area (Å²) < 4.78 is 0. The third kappa shape index (κ3) is 4.52. The van der Waals surface area contributed by atoms with Crippen LogP contribution in [0.1, 0.15) is 68.2 Å². The highest BCUT2D eigenvalue weighted by Gasteiger charge is 2.35. The quantitative estimate of drug-likeness (QED) is 0.484. The Kier molecular flexibility index (Phi) is 7.02. The average molecular weight is 397 g/mol. The van der Waals surface area contributed by atoms with E-state index in [9.17, 15) is 0 Å². The van der Waals surface area contributed by atoms with Crippen molar-refractivity contribution in [3.8, 4) is 0 Å². The molecule has 0 aromatic heterocycles. The first-order chi connectivity index (χ1) is 13.7. The van der Waals surface area contributed by atoms with Gasteiger partial charge in [-0.05, 0) is 47.7 Å². The van der Waals surface area contributed by atoms with Crippen LogP contribution in [0.3, 0.4) is 0 Å². The van der Waals surface area contributed by atoms with Crippen LogP contribution in [0, 0.1) is 35.5 Å². The van der Waals surface area contributed by atoms with E-state index in [0.717, 1.165) is 19.8 Å². The second-order valence-electron chi connectivity index (χ2n) is 10.6. The molecular formula is C27H44N2. The molecule has 0 bridgehead atoms. The maximum Gasteiger partial charge on any atom is 0.0899 e. The fraction of sp³-hybridized carbons (Fsp3) is 0.704. The van der Waals surface area contributed by atoms with Gasteiger partial charge in [-0.3, -0.25) is 0 Å². The molecule has 1 heterocycles. The Labute approximate surface area is 180 Å². The summed E-state index contributed by atoms with van der Waals surface area (Å²) in [6.45, 7) is 22.4. The standard InChI is InChI=1S/C27H44N2/c1-18(2)22-11-9-12-23(19(3)4)26(22)28-15-16-29(17-28)27-24(20(5)6)13-10-14-25(27)21(7)8/h9-11,13,18-21,23,25H,12,14-17H2,1-8H3/t23-,25+. The van der Waals surface area contributed by atoms with Gasteiger partial charge in [0.2, 0.25) is 0 Å². The van der Waals surface area contributed by atoms with E-state index in [-0.39, 0.29) is 0 Å². The van der Waals surface area contributed by atoms with Crippen LogP contribution in [-0.2, 0) is 0 Å². The van der Waals surface area contributed by atoms with Gasteiger partial charge in [0.1, 0.15) is 0 Å². The lowest BCUT2D eigenvalue weighted by Gasteiger charge is -2.39. The highest BCUT2D eigenvalue weighted by molar-refractivity contribution is 5.35. The molecule has 0 spiro atoms. The van der Waals surface area contributed by atoms with Gasteiger partial charge in [0.05, 0.1) is 6.67 Å². The molecule has 2 atom stereocenters. The van der Waals surface area contributed by atoms with Crippen molar-refractivity contribution in [1.29, 1.82) is 0 Å². The molecule has 0 N–H and O–H groups in total. The molecule has 1 fully saturated rings. The molecule has 29 heavy (non-hydrogen) atoms. The van der Waals surface area contributed by atoms with E-state index in [1.165, 1.54) is 12.8 Å². The van der Waals surface area contributed by atoms with Crippen LogP contribution < -0.4 is 0 Å². The molecule has 1 saturated heterocycles. The van der Waals surface area contributed by atoms with Crippen LogP contribution >= 0.6 is 0 Å². The molecule has 3 rings (SSSR count). The number of hydrogen-bond donors (Lipinski definition) is 0. The lowest BCUT2D eigenvalue weighted by Crippen LogP contribution is -2.35. The fourth-order valence-corrected chi connectivity index (χ4v) is 5.47. The van der Waals surface area contributed by atoms with E-state index in [0.29, 0.717) is 35.5 Å². The minimum atomic E-state index is 0.586. The second kappa shape index (κ2) is 9.14. The zero-order valence-corrected chi connectivity index (χ0v) is 20.2. The predicted octanol–water partition coefficient (Wildman–Crippen LogP) is 6.85. The summed E-state index contributed by atoms with van der Waals surface area (Å²) in [5.74, 6) is 3.85. The lowest BCUT2D eigenvalue weighted by atomic mass is 9.80. The molecule has 2 aliphatic carbocycles. The van der Waals surface area contributed by atoms with E-state index in [4.69, 9.17) is 0 Å².